The average molecular weight is 380 g/mol. The Labute approximate surface area is 150 Å². The van der Waals surface area contributed by atoms with Gasteiger partial charge in [0.05, 0.1) is 19.3 Å². The van der Waals surface area contributed by atoms with Crippen LogP contribution in [0, 0.1) is 6.20 Å². The topological polar surface area (TPSA) is 88.6 Å². The minimum Gasteiger partial charge on any atom is -0.379 e. The van der Waals surface area contributed by atoms with Gasteiger partial charge in [-0.3, -0.25) is 4.79 Å². The average Bonchev–Trinajstić information content (AvgIpc) is 3.17. The van der Waals surface area contributed by atoms with Gasteiger partial charge < -0.3 is 4.74 Å². The van der Waals surface area contributed by atoms with Crippen LogP contribution in [0.25, 0.3) is 0 Å². The molecule has 0 aliphatic carbocycles. The van der Waals surface area contributed by atoms with Crippen LogP contribution in [0.2, 0.25) is 0 Å². The van der Waals surface area contributed by atoms with E-state index in [1.807, 2.05) is 30.3 Å². The van der Waals surface area contributed by atoms with E-state index in [1.54, 1.807) is 5.38 Å². The number of carbonyl (C=O) groups is 1. The minimum atomic E-state index is -3.79. The molecular weight excluding hydrogens is 362 g/mol. The third kappa shape index (κ3) is 4.71. The summed E-state index contributed by atoms with van der Waals surface area (Å²) in [5.74, 6) is -0.355. The highest BCUT2D eigenvalue weighted by Gasteiger charge is 2.31. The Morgan fingerprint density at radius 1 is 1.32 bits per heavy atom. The van der Waals surface area contributed by atoms with Gasteiger partial charge in [-0.15, -0.1) is 11.3 Å². The number of ether oxygens (including phenoxy) is 1. The molecule has 133 valence electrons. The lowest BCUT2D eigenvalue weighted by molar-refractivity contribution is 0.0721. The molecule has 9 heteroatoms. The Hall–Kier alpha value is -1.65. The summed E-state index contributed by atoms with van der Waals surface area (Å²) in [5.41, 5.74) is 0.867. The maximum Gasteiger partial charge on any atom is 0.280 e. The largest absolute Gasteiger partial charge is 0.379 e. The number of hydrogen-bond acceptors (Lipinski definition) is 6. The quantitative estimate of drug-likeness (QED) is 0.721. The van der Waals surface area contributed by atoms with Crippen molar-refractivity contribution >= 4 is 27.3 Å². The van der Waals surface area contributed by atoms with Crippen LogP contribution in [0.4, 0.5) is 0 Å². The molecule has 0 amide bonds. The highest BCUT2D eigenvalue weighted by molar-refractivity contribution is 7.87. The van der Waals surface area contributed by atoms with Crippen LogP contribution >= 0.6 is 11.3 Å². The number of ketones is 1. The van der Waals surface area contributed by atoms with E-state index in [2.05, 4.69) is 15.9 Å². The lowest BCUT2D eigenvalue weighted by Crippen LogP contribution is -2.52. The third-order valence-electron chi connectivity index (χ3n) is 3.80. The van der Waals surface area contributed by atoms with Crippen LogP contribution in [0.5, 0.6) is 0 Å². The van der Waals surface area contributed by atoms with Gasteiger partial charge in [-0.05, 0) is 12.0 Å². The van der Waals surface area contributed by atoms with Gasteiger partial charge in [0, 0.05) is 18.5 Å². The molecule has 1 radical (unpaired) electrons. The maximum absolute atomic E-state index is 12.7. The Balaban J connectivity index is 1.81. The molecule has 1 aliphatic heterocycles. The number of thiazole rings is 1. The molecule has 1 aromatic heterocycles. The molecule has 1 atom stereocenters. The molecule has 2 aromatic rings. The minimum absolute atomic E-state index is 0.241. The summed E-state index contributed by atoms with van der Waals surface area (Å²) >= 11 is 1.15. The van der Waals surface area contributed by atoms with E-state index in [1.165, 1.54) is 4.31 Å². The predicted octanol–water partition coefficient (Wildman–Crippen LogP) is 0.904. The number of nitrogens with zero attached hydrogens (tertiary/aromatic N) is 2. The first-order valence-electron chi connectivity index (χ1n) is 7.81. The second-order valence-corrected chi connectivity index (χ2v) is 8.08. The van der Waals surface area contributed by atoms with E-state index in [4.69, 9.17) is 4.74 Å². The highest BCUT2D eigenvalue weighted by Crippen LogP contribution is 2.14. The summed E-state index contributed by atoms with van der Waals surface area (Å²) in [5, 5.41) is 1.81. The molecule has 0 unspecified atom stereocenters. The number of hydrogen-bond donors (Lipinski definition) is 1. The van der Waals surface area contributed by atoms with E-state index in [0.717, 1.165) is 16.9 Å². The zero-order chi connectivity index (χ0) is 17.7. The smallest absolute Gasteiger partial charge is 0.280 e. The van der Waals surface area contributed by atoms with E-state index in [0.29, 0.717) is 13.2 Å². The molecule has 1 aromatic carbocycles. The second kappa shape index (κ2) is 8.15. The van der Waals surface area contributed by atoms with Crippen molar-refractivity contribution in [1.82, 2.24) is 14.0 Å². The monoisotopic (exact) mass is 380 g/mol. The Kier molecular flexibility index (Phi) is 5.92. The van der Waals surface area contributed by atoms with Gasteiger partial charge in [-0.1, -0.05) is 30.3 Å². The molecule has 25 heavy (non-hydrogen) atoms. The fourth-order valence-electron chi connectivity index (χ4n) is 2.53. The number of Topliss-reactive ketones (excluding diaryl/α,β-unsaturated/α-hetero) is 1. The van der Waals surface area contributed by atoms with Crippen molar-refractivity contribution in [3.63, 3.8) is 0 Å². The van der Waals surface area contributed by atoms with Crippen molar-refractivity contribution < 1.29 is 17.9 Å². The molecule has 1 aliphatic rings. The van der Waals surface area contributed by atoms with E-state index >= 15 is 0 Å². The van der Waals surface area contributed by atoms with Gasteiger partial charge in [-0.25, -0.2) is 4.98 Å². The molecule has 1 N–H and O–H groups in total. The number of benzene rings is 1. The fourth-order valence-corrected chi connectivity index (χ4v) is 4.44. The number of morpholine rings is 1. The Morgan fingerprint density at radius 3 is 2.68 bits per heavy atom. The second-order valence-electron chi connectivity index (χ2n) is 5.52. The Bertz CT molecular complexity index is 788. The normalized spacial score (nSPS) is 17.3. The predicted molar refractivity (Wildman–Crippen MR) is 93.7 cm³/mol. The van der Waals surface area contributed by atoms with Crippen molar-refractivity contribution in [3.05, 3.63) is 52.5 Å². The van der Waals surface area contributed by atoms with Crippen LogP contribution < -0.4 is 4.72 Å². The Morgan fingerprint density at radius 2 is 2.04 bits per heavy atom. The molecule has 0 spiro atoms. The lowest BCUT2D eigenvalue weighted by Gasteiger charge is -2.28. The van der Waals surface area contributed by atoms with Gasteiger partial charge in [-0.2, -0.15) is 17.4 Å². The summed E-state index contributed by atoms with van der Waals surface area (Å²) in [4.78, 5) is 16.6. The maximum atomic E-state index is 12.7. The molecule has 0 saturated carbocycles. The SMILES string of the molecule is O=C(c1n[c]cs1)[C@H](Cc1ccccc1)NS(=O)(=O)N1CCOCC1. The van der Waals surface area contributed by atoms with Gasteiger partial charge >= 0.3 is 0 Å². The number of carbonyl (C=O) groups excluding carboxylic acids is 1. The molecule has 2 heterocycles. The summed E-state index contributed by atoms with van der Waals surface area (Å²) < 4.78 is 34.3. The summed E-state index contributed by atoms with van der Waals surface area (Å²) in [6, 6.07) is 8.37. The van der Waals surface area contributed by atoms with E-state index in [-0.39, 0.29) is 30.3 Å². The molecule has 1 saturated heterocycles. The summed E-state index contributed by atoms with van der Waals surface area (Å²) in [6.45, 7) is 1.23. The van der Waals surface area contributed by atoms with Gasteiger partial charge in [0.1, 0.15) is 6.20 Å². The van der Waals surface area contributed by atoms with Gasteiger partial charge in [0.15, 0.2) is 5.01 Å². The molecule has 0 bridgehead atoms. The molecule has 1 fully saturated rings. The first-order valence-corrected chi connectivity index (χ1v) is 10.1. The lowest BCUT2D eigenvalue weighted by atomic mass is 10.0. The van der Waals surface area contributed by atoms with Crippen LogP contribution in [-0.2, 0) is 21.4 Å². The summed E-state index contributed by atoms with van der Waals surface area (Å²) in [7, 11) is -3.79. The standard InChI is InChI=1S/C16H18N3O4S2/c20-15(16-17-6-11-24-16)14(12-13-4-2-1-3-5-13)18-25(21,22)19-7-9-23-10-8-19/h1-5,11,14,18H,7-10,12H2/t14-/m0/s1. The third-order valence-corrected chi connectivity index (χ3v) is 6.17. The van der Waals surface area contributed by atoms with Crippen molar-refractivity contribution in [1.29, 1.82) is 0 Å². The zero-order valence-electron chi connectivity index (χ0n) is 13.4. The van der Waals surface area contributed by atoms with Crippen LogP contribution in [-0.4, -0.2) is 55.8 Å². The van der Waals surface area contributed by atoms with Crippen LogP contribution in [0.3, 0.4) is 0 Å². The van der Waals surface area contributed by atoms with Crippen molar-refractivity contribution in [2.45, 2.75) is 12.5 Å². The first-order chi connectivity index (χ1) is 12.1. The van der Waals surface area contributed by atoms with E-state index in [9.17, 15) is 13.2 Å². The van der Waals surface area contributed by atoms with Crippen LogP contribution in [0.1, 0.15) is 15.4 Å². The molecule has 3 rings (SSSR count). The summed E-state index contributed by atoms with van der Waals surface area (Å²) in [6.07, 6.45) is 2.85. The van der Waals surface area contributed by atoms with Crippen molar-refractivity contribution in [3.8, 4) is 0 Å². The number of rotatable bonds is 7. The number of aromatic nitrogens is 1. The fraction of sp³-hybridized carbons (Fsp3) is 0.375. The highest BCUT2D eigenvalue weighted by atomic mass is 32.2. The van der Waals surface area contributed by atoms with Crippen molar-refractivity contribution in [2.75, 3.05) is 26.3 Å². The van der Waals surface area contributed by atoms with Gasteiger partial charge in [0.25, 0.3) is 10.2 Å². The number of nitrogens with one attached hydrogen (secondary N) is 1. The van der Waals surface area contributed by atoms with Crippen molar-refractivity contribution in [2.24, 2.45) is 0 Å². The van der Waals surface area contributed by atoms with E-state index < -0.39 is 16.3 Å². The zero-order valence-corrected chi connectivity index (χ0v) is 15.1. The van der Waals surface area contributed by atoms with Crippen LogP contribution in [0.15, 0.2) is 35.7 Å². The molecular formula is C16H18N3O4S2. The van der Waals surface area contributed by atoms with Gasteiger partial charge in [0.2, 0.25) is 5.78 Å². The first kappa shape index (κ1) is 18.2. The molecule has 7 nitrogen and oxygen atoms in total.